The summed E-state index contributed by atoms with van der Waals surface area (Å²) in [6.07, 6.45) is 14.0. The van der Waals surface area contributed by atoms with Gasteiger partial charge in [-0.15, -0.1) is 24.4 Å². The number of thioether (sulfide) groups is 1. The Hall–Kier alpha value is 2.43. The van der Waals surface area contributed by atoms with Crippen molar-refractivity contribution in [2.24, 2.45) is 0 Å². The van der Waals surface area contributed by atoms with Crippen molar-refractivity contribution in [3.05, 3.63) is 0 Å². The number of hydrogen-bond donors (Lipinski definition) is 1. The van der Waals surface area contributed by atoms with Crippen molar-refractivity contribution < 1.29 is 51.4 Å². The van der Waals surface area contributed by atoms with E-state index >= 15 is 0 Å². The molecule has 0 amide bonds. The van der Waals surface area contributed by atoms with Crippen molar-refractivity contribution in [1.29, 1.82) is 0 Å². The number of hydrogen-bond acceptors (Lipinski definition) is 2. The zero-order valence-corrected chi connectivity index (χ0v) is 17.2. The molecule has 4 heteroatoms. The number of rotatable bonds is 11. The smallest absolute Gasteiger partial charge is 0.125 e. The van der Waals surface area contributed by atoms with E-state index in [-0.39, 0.29) is 51.4 Å². The van der Waals surface area contributed by atoms with Crippen LogP contribution in [-0.2, 0) is 0 Å². The Bertz CT molecular complexity index is 163. The molecule has 0 aliphatic heterocycles. The molecule has 0 bridgehead atoms. The Morgan fingerprint density at radius 2 is 1.29 bits per heavy atom. The third kappa shape index (κ3) is 20.9. The Balaban J connectivity index is 0. The third-order valence-corrected chi connectivity index (χ3v) is 4.20. The van der Waals surface area contributed by atoms with Crippen LogP contribution in [0.3, 0.4) is 0 Å². The van der Waals surface area contributed by atoms with Gasteiger partial charge in [0.1, 0.15) is 3.53 Å². The van der Waals surface area contributed by atoms with Crippen LogP contribution in [0, 0.1) is 0 Å². The maximum atomic E-state index is 4.89. The second-order valence-corrected chi connectivity index (χ2v) is 7.12. The van der Waals surface area contributed by atoms with Crippen molar-refractivity contribution >= 4 is 40.1 Å². The molecular formula is C13H26KS3+. The van der Waals surface area contributed by atoms with Gasteiger partial charge in [-0.1, -0.05) is 76.9 Å². The normalized spacial score (nSPS) is 10.0. The molecule has 0 spiro atoms. The second-order valence-electron chi connectivity index (χ2n) is 4.30. The van der Waals surface area contributed by atoms with Gasteiger partial charge in [0.2, 0.25) is 0 Å². The molecule has 0 radical (unpaired) electrons. The quantitative estimate of drug-likeness (QED) is 0.269. The van der Waals surface area contributed by atoms with E-state index in [0.717, 1.165) is 9.28 Å². The van der Waals surface area contributed by atoms with E-state index in [2.05, 4.69) is 19.6 Å². The summed E-state index contributed by atoms with van der Waals surface area (Å²) in [5.74, 6) is 1.15. The van der Waals surface area contributed by atoms with Crippen LogP contribution < -0.4 is 51.4 Å². The van der Waals surface area contributed by atoms with Crippen LogP contribution in [0.5, 0.6) is 0 Å². The van der Waals surface area contributed by atoms with Gasteiger partial charge in [0.25, 0.3) is 0 Å². The average molecular weight is 318 g/mol. The largest absolute Gasteiger partial charge is 1.00 e. The van der Waals surface area contributed by atoms with Crippen molar-refractivity contribution in [2.75, 3.05) is 5.75 Å². The molecule has 0 aliphatic rings. The second kappa shape index (κ2) is 18.4. The Labute approximate surface area is 166 Å². The summed E-state index contributed by atoms with van der Waals surface area (Å²) in [5, 5.41) is 0. The third-order valence-electron chi connectivity index (χ3n) is 2.72. The van der Waals surface area contributed by atoms with E-state index in [4.69, 9.17) is 12.2 Å². The van der Waals surface area contributed by atoms with Gasteiger partial charge >= 0.3 is 51.4 Å². The van der Waals surface area contributed by atoms with Gasteiger partial charge < -0.3 is 0 Å². The van der Waals surface area contributed by atoms with Gasteiger partial charge in [0.05, 0.1) is 0 Å². The fraction of sp³-hybridized carbons (Fsp3) is 0.923. The van der Waals surface area contributed by atoms with Crippen molar-refractivity contribution in [1.82, 2.24) is 0 Å². The predicted molar refractivity (Wildman–Crippen MR) is 85.9 cm³/mol. The number of thiol groups is 1. The molecule has 17 heavy (non-hydrogen) atoms. The Morgan fingerprint density at radius 3 is 1.71 bits per heavy atom. The molecule has 0 aliphatic carbocycles. The molecule has 0 nitrogen and oxygen atoms in total. The monoisotopic (exact) mass is 317 g/mol. The summed E-state index contributed by atoms with van der Waals surface area (Å²) in [5.41, 5.74) is 0. The van der Waals surface area contributed by atoms with Crippen LogP contribution in [0.4, 0.5) is 0 Å². The van der Waals surface area contributed by atoms with Crippen molar-refractivity contribution in [3.63, 3.8) is 0 Å². The van der Waals surface area contributed by atoms with E-state index < -0.39 is 0 Å². The summed E-state index contributed by atoms with van der Waals surface area (Å²) >= 11 is 10.7. The maximum absolute atomic E-state index is 4.89. The van der Waals surface area contributed by atoms with E-state index in [0.29, 0.717) is 0 Å². The molecule has 0 saturated heterocycles. The fourth-order valence-electron chi connectivity index (χ4n) is 1.75. The predicted octanol–water partition coefficient (Wildman–Crippen LogP) is 2.86. The molecule has 0 rings (SSSR count). The van der Waals surface area contributed by atoms with Crippen LogP contribution in [0.1, 0.15) is 71.1 Å². The molecule has 0 atom stereocenters. The van der Waals surface area contributed by atoms with Crippen LogP contribution in [-0.4, -0.2) is 9.28 Å². The summed E-state index contributed by atoms with van der Waals surface area (Å²) < 4.78 is 0.788. The summed E-state index contributed by atoms with van der Waals surface area (Å²) in [6, 6.07) is 0. The number of unbranched alkanes of at least 4 members (excludes halogenated alkanes) is 9. The molecular weight excluding hydrogens is 291 g/mol. The zero-order valence-electron chi connectivity index (χ0n) is 11.5. The zero-order chi connectivity index (χ0) is 12.1. The molecule has 0 aromatic heterocycles. The minimum absolute atomic E-state index is 0. The molecule has 0 fully saturated rings. The summed E-state index contributed by atoms with van der Waals surface area (Å²) in [7, 11) is 0. The average Bonchev–Trinajstić information content (AvgIpc) is 2.25. The van der Waals surface area contributed by atoms with Gasteiger partial charge in [-0.3, -0.25) is 0 Å². The van der Waals surface area contributed by atoms with Crippen LogP contribution in [0.15, 0.2) is 0 Å². The molecule has 0 aromatic rings. The van der Waals surface area contributed by atoms with Gasteiger partial charge in [-0.2, -0.15) is 0 Å². The van der Waals surface area contributed by atoms with Gasteiger partial charge in [0, 0.05) is 0 Å². The number of thiocarbonyl (C=S) groups is 1. The Morgan fingerprint density at radius 1 is 0.882 bits per heavy atom. The van der Waals surface area contributed by atoms with Crippen molar-refractivity contribution in [2.45, 2.75) is 71.1 Å². The molecule has 96 valence electrons. The van der Waals surface area contributed by atoms with Crippen LogP contribution in [0.25, 0.3) is 0 Å². The first-order valence-electron chi connectivity index (χ1n) is 6.63. The van der Waals surface area contributed by atoms with Gasteiger partial charge in [-0.25, -0.2) is 0 Å². The molecule has 0 N–H and O–H groups in total. The minimum Gasteiger partial charge on any atom is -0.125 e. The molecule has 0 heterocycles. The van der Waals surface area contributed by atoms with Crippen molar-refractivity contribution in [3.8, 4) is 0 Å². The topological polar surface area (TPSA) is 0 Å². The van der Waals surface area contributed by atoms with E-state index in [1.165, 1.54) is 64.2 Å². The van der Waals surface area contributed by atoms with Gasteiger partial charge in [0.15, 0.2) is 0 Å². The van der Waals surface area contributed by atoms with E-state index in [1.807, 2.05) is 0 Å². The summed E-state index contributed by atoms with van der Waals surface area (Å²) in [4.78, 5) is 0. The maximum Gasteiger partial charge on any atom is 1.00 e. The SMILES string of the molecule is CCCCCCCCCCCCSC(=S)S.[K+]. The first-order valence-corrected chi connectivity index (χ1v) is 8.47. The standard InChI is InChI=1S/C13H26S3.K/c1-2-3-4-5-6-7-8-9-10-11-12-16-13(14)15;/h2-12H2,1H3,(H,14,15);/q;+1. The molecule has 0 saturated carbocycles. The first kappa shape index (κ1) is 21.7. The fourth-order valence-corrected chi connectivity index (χ4v) is 2.80. The molecule has 0 aromatic carbocycles. The van der Waals surface area contributed by atoms with E-state index in [1.54, 1.807) is 11.8 Å². The van der Waals surface area contributed by atoms with Crippen LogP contribution >= 0.6 is 36.6 Å². The van der Waals surface area contributed by atoms with E-state index in [9.17, 15) is 0 Å². The van der Waals surface area contributed by atoms with Crippen LogP contribution in [0.2, 0.25) is 0 Å². The Kier molecular flexibility index (Phi) is 23.5. The summed E-state index contributed by atoms with van der Waals surface area (Å²) in [6.45, 7) is 2.27. The minimum atomic E-state index is 0. The van der Waals surface area contributed by atoms with Gasteiger partial charge in [-0.05, 0) is 12.2 Å². The molecule has 0 unspecified atom stereocenters. The first-order chi connectivity index (χ1) is 7.77.